The molecule has 0 aliphatic carbocycles. The highest BCUT2D eigenvalue weighted by Gasteiger charge is 2.22. The molecule has 0 bridgehead atoms. The maximum Gasteiger partial charge on any atom is 0.328 e. The molecule has 0 radical (unpaired) electrons. The van der Waals surface area contributed by atoms with Crippen molar-refractivity contribution in [2.75, 3.05) is 7.11 Å². The van der Waals surface area contributed by atoms with Gasteiger partial charge in [-0.25, -0.2) is 4.79 Å². The van der Waals surface area contributed by atoms with Crippen molar-refractivity contribution in [3.8, 4) is 0 Å². The van der Waals surface area contributed by atoms with E-state index < -0.39 is 12.0 Å². The first kappa shape index (κ1) is 17.7. The Bertz CT molecular complexity index is 715. The average molecular weight is 325 g/mol. The molecule has 0 aromatic heterocycles. The molecule has 1 N–H and O–H groups in total. The van der Waals surface area contributed by atoms with Gasteiger partial charge in [-0.2, -0.15) is 0 Å². The van der Waals surface area contributed by atoms with Crippen molar-refractivity contribution in [2.45, 2.75) is 33.2 Å². The second-order valence-electron chi connectivity index (χ2n) is 6.12. The number of hydrogen-bond acceptors (Lipinski definition) is 3. The van der Waals surface area contributed by atoms with Crippen LogP contribution < -0.4 is 5.32 Å². The third-order valence-corrected chi connectivity index (χ3v) is 3.84. The van der Waals surface area contributed by atoms with Crippen molar-refractivity contribution in [1.82, 2.24) is 5.32 Å². The SMILES string of the molecule is COC(=O)[C@H](Cc1ccc(C)cc1)NC(=O)c1cc(C)cc(C)c1. The molecule has 0 heterocycles. The normalized spacial score (nSPS) is 11.7. The first-order valence-corrected chi connectivity index (χ1v) is 7.91. The molecule has 0 aliphatic heterocycles. The Morgan fingerprint density at radius 1 is 0.958 bits per heavy atom. The van der Waals surface area contributed by atoms with E-state index in [4.69, 9.17) is 4.74 Å². The van der Waals surface area contributed by atoms with Crippen molar-refractivity contribution < 1.29 is 14.3 Å². The van der Waals surface area contributed by atoms with E-state index in [0.29, 0.717) is 12.0 Å². The van der Waals surface area contributed by atoms with E-state index in [-0.39, 0.29) is 5.91 Å². The number of esters is 1. The van der Waals surface area contributed by atoms with Gasteiger partial charge < -0.3 is 10.1 Å². The van der Waals surface area contributed by atoms with Crippen LogP contribution >= 0.6 is 0 Å². The molecule has 0 spiro atoms. The van der Waals surface area contributed by atoms with Crippen molar-refractivity contribution >= 4 is 11.9 Å². The van der Waals surface area contributed by atoms with Gasteiger partial charge in [-0.15, -0.1) is 0 Å². The molecule has 4 heteroatoms. The second kappa shape index (κ2) is 7.77. The number of ether oxygens (including phenoxy) is 1. The summed E-state index contributed by atoms with van der Waals surface area (Å²) in [5.41, 5.74) is 4.68. The average Bonchev–Trinajstić information content (AvgIpc) is 2.54. The molecule has 0 saturated heterocycles. The van der Waals surface area contributed by atoms with E-state index in [9.17, 15) is 9.59 Å². The third kappa shape index (κ3) is 4.69. The van der Waals surface area contributed by atoms with Crippen LogP contribution in [0.25, 0.3) is 0 Å². The highest BCUT2D eigenvalue weighted by molar-refractivity contribution is 5.97. The van der Waals surface area contributed by atoms with Crippen LogP contribution in [0.5, 0.6) is 0 Å². The zero-order valence-electron chi connectivity index (χ0n) is 14.6. The highest BCUT2D eigenvalue weighted by atomic mass is 16.5. The van der Waals surface area contributed by atoms with Gasteiger partial charge in [-0.05, 0) is 38.5 Å². The molecule has 2 rings (SSSR count). The number of carbonyl (C=O) groups excluding carboxylic acids is 2. The van der Waals surface area contributed by atoms with Crippen LogP contribution in [0.15, 0.2) is 42.5 Å². The van der Waals surface area contributed by atoms with Gasteiger partial charge in [0, 0.05) is 12.0 Å². The monoisotopic (exact) mass is 325 g/mol. The van der Waals surface area contributed by atoms with Crippen LogP contribution in [-0.4, -0.2) is 25.0 Å². The number of aryl methyl sites for hydroxylation is 3. The smallest absolute Gasteiger partial charge is 0.328 e. The predicted octanol–water partition coefficient (Wildman–Crippen LogP) is 3.13. The molecule has 2 aromatic rings. The molecule has 4 nitrogen and oxygen atoms in total. The minimum absolute atomic E-state index is 0.274. The minimum atomic E-state index is -0.717. The number of carbonyl (C=O) groups is 2. The summed E-state index contributed by atoms with van der Waals surface area (Å²) in [4.78, 5) is 24.6. The predicted molar refractivity (Wildman–Crippen MR) is 94.1 cm³/mol. The molecule has 0 fully saturated rings. The Balaban J connectivity index is 2.17. The summed E-state index contributed by atoms with van der Waals surface area (Å²) in [6.45, 7) is 5.88. The van der Waals surface area contributed by atoms with E-state index in [2.05, 4.69) is 5.32 Å². The maximum atomic E-state index is 12.5. The van der Waals surface area contributed by atoms with Crippen molar-refractivity contribution in [3.05, 3.63) is 70.3 Å². The van der Waals surface area contributed by atoms with Gasteiger partial charge in [0.05, 0.1) is 7.11 Å². The molecule has 2 aromatic carbocycles. The first-order chi connectivity index (χ1) is 11.4. The van der Waals surface area contributed by atoms with Gasteiger partial charge in [0.25, 0.3) is 5.91 Å². The van der Waals surface area contributed by atoms with E-state index >= 15 is 0 Å². The Kier molecular flexibility index (Phi) is 5.74. The Morgan fingerprint density at radius 3 is 2.08 bits per heavy atom. The molecule has 0 unspecified atom stereocenters. The lowest BCUT2D eigenvalue weighted by Gasteiger charge is -2.17. The van der Waals surface area contributed by atoms with Gasteiger partial charge in [0.2, 0.25) is 0 Å². The number of amides is 1. The number of benzene rings is 2. The fraction of sp³-hybridized carbons (Fsp3) is 0.300. The summed E-state index contributed by atoms with van der Waals surface area (Å²) in [5, 5.41) is 2.79. The Morgan fingerprint density at radius 2 is 1.54 bits per heavy atom. The summed E-state index contributed by atoms with van der Waals surface area (Å²) in [6, 6.07) is 12.8. The Hall–Kier alpha value is -2.62. The van der Waals surface area contributed by atoms with Crippen molar-refractivity contribution in [3.63, 3.8) is 0 Å². The van der Waals surface area contributed by atoms with Crippen LogP contribution in [-0.2, 0) is 16.0 Å². The number of methoxy groups -OCH3 is 1. The largest absolute Gasteiger partial charge is 0.467 e. The van der Waals surface area contributed by atoms with Crippen LogP contribution in [0, 0.1) is 20.8 Å². The standard InChI is InChI=1S/C20H23NO3/c1-13-5-7-16(8-6-13)12-18(20(23)24-4)21-19(22)17-10-14(2)9-15(3)11-17/h5-11,18H,12H2,1-4H3,(H,21,22)/t18-/m0/s1. The molecule has 24 heavy (non-hydrogen) atoms. The molecule has 0 saturated carbocycles. The zero-order valence-corrected chi connectivity index (χ0v) is 14.6. The molecule has 1 amide bonds. The summed E-state index contributed by atoms with van der Waals surface area (Å²) in [5.74, 6) is -0.724. The third-order valence-electron chi connectivity index (χ3n) is 3.84. The lowest BCUT2D eigenvalue weighted by molar-refractivity contribution is -0.142. The van der Waals surface area contributed by atoms with Gasteiger partial charge >= 0.3 is 5.97 Å². The zero-order chi connectivity index (χ0) is 17.7. The fourth-order valence-electron chi connectivity index (χ4n) is 2.64. The molecule has 1 atom stereocenters. The summed E-state index contributed by atoms with van der Waals surface area (Å²) in [6.07, 6.45) is 0.392. The molecule has 126 valence electrons. The minimum Gasteiger partial charge on any atom is -0.467 e. The van der Waals surface area contributed by atoms with E-state index in [1.807, 2.05) is 63.2 Å². The van der Waals surface area contributed by atoms with E-state index in [0.717, 1.165) is 22.3 Å². The lowest BCUT2D eigenvalue weighted by Crippen LogP contribution is -2.43. The Labute approximate surface area is 142 Å². The quantitative estimate of drug-likeness (QED) is 0.859. The van der Waals surface area contributed by atoms with Gasteiger partial charge in [0.15, 0.2) is 0 Å². The van der Waals surface area contributed by atoms with Crippen LogP contribution in [0.2, 0.25) is 0 Å². The second-order valence-corrected chi connectivity index (χ2v) is 6.12. The van der Waals surface area contributed by atoms with Crippen LogP contribution in [0.3, 0.4) is 0 Å². The maximum absolute atomic E-state index is 12.5. The summed E-state index contributed by atoms with van der Waals surface area (Å²) in [7, 11) is 1.33. The van der Waals surface area contributed by atoms with Gasteiger partial charge in [0.1, 0.15) is 6.04 Å². The molecular formula is C20H23NO3. The topological polar surface area (TPSA) is 55.4 Å². The summed E-state index contributed by atoms with van der Waals surface area (Å²) < 4.78 is 4.84. The van der Waals surface area contributed by atoms with Gasteiger partial charge in [-0.3, -0.25) is 4.79 Å². The van der Waals surface area contributed by atoms with Crippen LogP contribution in [0.1, 0.15) is 32.6 Å². The number of nitrogens with one attached hydrogen (secondary N) is 1. The fourth-order valence-corrected chi connectivity index (χ4v) is 2.64. The van der Waals surface area contributed by atoms with Crippen molar-refractivity contribution in [1.29, 1.82) is 0 Å². The molecule has 0 aliphatic rings. The lowest BCUT2D eigenvalue weighted by atomic mass is 10.0. The first-order valence-electron chi connectivity index (χ1n) is 7.91. The molecular weight excluding hydrogens is 302 g/mol. The highest BCUT2D eigenvalue weighted by Crippen LogP contribution is 2.11. The van der Waals surface area contributed by atoms with Gasteiger partial charge in [-0.1, -0.05) is 47.0 Å². The van der Waals surface area contributed by atoms with Crippen molar-refractivity contribution in [2.24, 2.45) is 0 Å². The number of rotatable bonds is 5. The summed E-state index contributed by atoms with van der Waals surface area (Å²) >= 11 is 0. The number of hydrogen-bond donors (Lipinski definition) is 1. The van der Waals surface area contributed by atoms with E-state index in [1.54, 1.807) is 0 Å². The van der Waals surface area contributed by atoms with Crippen LogP contribution in [0.4, 0.5) is 0 Å². The van der Waals surface area contributed by atoms with E-state index in [1.165, 1.54) is 7.11 Å².